The number of nitrogens with one attached hydrogen (secondary N) is 3. The van der Waals surface area contributed by atoms with Crippen LogP contribution in [0.2, 0.25) is 0 Å². The lowest BCUT2D eigenvalue weighted by atomic mass is 9.92. The normalized spacial score (nSPS) is 11.1. The van der Waals surface area contributed by atoms with Gasteiger partial charge < -0.3 is 20.5 Å². The van der Waals surface area contributed by atoms with Crippen molar-refractivity contribution in [1.29, 1.82) is 0 Å². The van der Waals surface area contributed by atoms with Gasteiger partial charge in [-0.2, -0.15) is 5.10 Å². The van der Waals surface area contributed by atoms with Gasteiger partial charge in [0.15, 0.2) is 0 Å². The van der Waals surface area contributed by atoms with Crippen molar-refractivity contribution >= 4 is 23.4 Å². The fraction of sp³-hybridized carbons (Fsp3) is 0.241. The maximum Gasteiger partial charge on any atom is 0.324 e. The Hall–Kier alpha value is -4.70. The van der Waals surface area contributed by atoms with Crippen LogP contribution in [-0.2, 0) is 16.6 Å². The number of carbonyl (C=O) groups excluding carboxylic acids is 2. The maximum absolute atomic E-state index is 12.9. The predicted octanol–water partition coefficient (Wildman–Crippen LogP) is 4.65. The lowest BCUT2D eigenvalue weighted by Crippen LogP contribution is -2.27. The van der Waals surface area contributed by atoms with Crippen LogP contribution in [0.3, 0.4) is 0 Å². The number of aromatic nitrogens is 3. The quantitative estimate of drug-likeness (QED) is 0.250. The molecule has 0 bridgehead atoms. The van der Waals surface area contributed by atoms with E-state index in [9.17, 15) is 9.59 Å². The van der Waals surface area contributed by atoms with Gasteiger partial charge in [-0.15, -0.1) is 0 Å². The number of anilines is 2. The van der Waals surface area contributed by atoms with E-state index in [1.54, 1.807) is 53.5 Å². The second-order valence-corrected chi connectivity index (χ2v) is 9.88. The van der Waals surface area contributed by atoms with Gasteiger partial charge in [-0.25, -0.2) is 9.48 Å². The van der Waals surface area contributed by atoms with Crippen molar-refractivity contribution in [2.24, 2.45) is 0 Å². The van der Waals surface area contributed by atoms with Crippen LogP contribution >= 0.6 is 0 Å². The number of nitrogens with zero attached hydrogens (tertiary/aromatic N) is 3. The number of urea groups is 1. The highest BCUT2D eigenvalue weighted by Gasteiger charge is 2.21. The zero-order chi connectivity index (χ0) is 27.8. The summed E-state index contributed by atoms with van der Waals surface area (Å²) in [6.45, 7) is 6.27. The van der Waals surface area contributed by atoms with Crippen molar-refractivity contribution in [2.75, 3.05) is 23.8 Å². The Labute approximate surface area is 227 Å². The molecule has 0 atom stereocenters. The molecule has 4 rings (SSSR count). The summed E-state index contributed by atoms with van der Waals surface area (Å²) in [4.78, 5) is 28.8. The molecule has 0 saturated heterocycles. The summed E-state index contributed by atoms with van der Waals surface area (Å²) < 4.78 is 7.44. The molecule has 2 heterocycles. The first-order valence-corrected chi connectivity index (χ1v) is 12.5. The Morgan fingerprint density at radius 1 is 0.923 bits per heavy atom. The SMILES string of the molecule is CC(C)(C)c1cc(NC(=O)Nc2ccc(Oc3ccncc3)cc2)n(-c2ccc(CC(=O)NCCO)cc2)n1. The summed E-state index contributed by atoms with van der Waals surface area (Å²) in [5.41, 5.74) is 2.72. The van der Waals surface area contributed by atoms with Crippen molar-refractivity contribution in [3.05, 3.63) is 90.4 Å². The van der Waals surface area contributed by atoms with Crippen LogP contribution in [0.25, 0.3) is 5.69 Å². The van der Waals surface area contributed by atoms with E-state index in [1.165, 1.54) is 0 Å². The highest BCUT2D eigenvalue weighted by atomic mass is 16.5. The van der Waals surface area contributed by atoms with E-state index in [0.717, 1.165) is 16.9 Å². The summed E-state index contributed by atoms with van der Waals surface area (Å²) in [5, 5.41) is 22.0. The summed E-state index contributed by atoms with van der Waals surface area (Å²) in [6.07, 6.45) is 3.50. The van der Waals surface area contributed by atoms with Gasteiger partial charge in [0, 0.05) is 36.1 Å². The van der Waals surface area contributed by atoms with Crippen molar-refractivity contribution in [2.45, 2.75) is 32.6 Å². The van der Waals surface area contributed by atoms with Crippen LogP contribution in [0.4, 0.5) is 16.3 Å². The number of pyridine rings is 1. The molecule has 0 unspecified atom stereocenters. The van der Waals surface area contributed by atoms with Gasteiger partial charge in [0.25, 0.3) is 0 Å². The van der Waals surface area contributed by atoms with Crippen molar-refractivity contribution in [3.8, 4) is 17.2 Å². The second kappa shape index (κ2) is 12.2. The zero-order valence-corrected chi connectivity index (χ0v) is 22.1. The lowest BCUT2D eigenvalue weighted by Gasteiger charge is -2.14. The molecule has 3 amide bonds. The third-order valence-corrected chi connectivity index (χ3v) is 5.70. The van der Waals surface area contributed by atoms with E-state index in [0.29, 0.717) is 23.0 Å². The van der Waals surface area contributed by atoms with Crippen molar-refractivity contribution in [3.63, 3.8) is 0 Å². The molecule has 2 aromatic heterocycles. The Balaban J connectivity index is 1.46. The number of amides is 3. The van der Waals surface area contributed by atoms with E-state index >= 15 is 0 Å². The van der Waals surface area contributed by atoms with Crippen LogP contribution in [0.5, 0.6) is 11.5 Å². The smallest absolute Gasteiger partial charge is 0.324 e. The van der Waals surface area contributed by atoms with E-state index < -0.39 is 6.03 Å². The number of rotatable bonds is 9. The van der Waals surface area contributed by atoms with E-state index in [1.807, 2.05) is 51.1 Å². The highest BCUT2D eigenvalue weighted by Crippen LogP contribution is 2.27. The van der Waals surface area contributed by atoms with Crippen LogP contribution < -0.4 is 20.7 Å². The molecule has 4 N–H and O–H groups in total. The summed E-state index contributed by atoms with van der Waals surface area (Å²) in [7, 11) is 0. The minimum Gasteiger partial charge on any atom is -0.457 e. The minimum atomic E-state index is -0.420. The third kappa shape index (κ3) is 7.65. The van der Waals surface area contributed by atoms with Crippen LogP contribution in [0, 0.1) is 0 Å². The molecule has 4 aromatic rings. The number of hydrogen-bond acceptors (Lipinski definition) is 6. The van der Waals surface area contributed by atoms with Crippen molar-refractivity contribution in [1.82, 2.24) is 20.1 Å². The maximum atomic E-state index is 12.9. The Morgan fingerprint density at radius 3 is 2.23 bits per heavy atom. The number of hydrogen-bond donors (Lipinski definition) is 4. The first-order chi connectivity index (χ1) is 18.7. The van der Waals surface area contributed by atoms with Gasteiger partial charge in [0.05, 0.1) is 24.4 Å². The molecular formula is C29H32N6O4. The molecule has 0 radical (unpaired) electrons. The topological polar surface area (TPSA) is 130 Å². The molecule has 0 aliphatic rings. The molecular weight excluding hydrogens is 496 g/mol. The molecule has 10 heteroatoms. The molecule has 10 nitrogen and oxygen atoms in total. The van der Waals surface area contributed by atoms with Gasteiger partial charge >= 0.3 is 6.03 Å². The zero-order valence-electron chi connectivity index (χ0n) is 22.1. The van der Waals surface area contributed by atoms with E-state index in [-0.39, 0.29) is 30.9 Å². The van der Waals surface area contributed by atoms with Crippen LogP contribution in [-0.4, -0.2) is 45.0 Å². The molecule has 39 heavy (non-hydrogen) atoms. The first-order valence-electron chi connectivity index (χ1n) is 12.5. The number of benzene rings is 2. The molecule has 0 aliphatic heterocycles. The van der Waals surface area contributed by atoms with Gasteiger partial charge in [0.2, 0.25) is 5.91 Å². The van der Waals surface area contributed by atoms with Gasteiger partial charge in [-0.3, -0.25) is 15.1 Å². The Kier molecular flexibility index (Phi) is 8.57. The number of ether oxygens (including phenoxy) is 1. The monoisotopic (exact) mass is 528 g/mol. The van der Waals surface area contributed by atoms with Crippen LogP contribution in [0.1, 0.15) is 32.0 Å². The average Bonchev–Trinajstić information content (AvgIpc) is 3.34. The lowest BCUT2D eigenvalue weighted by molar-refractivity contribution is -0.120. The molecule has 0 aliphatic carbocycles. The summed E-state index contributed by atoms with van der Waals surface area (Å²) in [6, 6.07) is 19.4. The third-order valence-electron chi connectivity index (χ3n) is 5.70. The standard InChI is InChI=1S/C29H32N6O4/c1-29(2,3)25-19-26(35(34-25)22-8-4-20(5-9-22)18-27(37)31-16-17-36)33-28(38)32-21-6-10-23(11-7-21)39-24-12-14-30-15-13-24/h4-15,19,36H,16-18H2,1-3H3,(H,31,37)(H2,32,33,38). The number of aliphatic hydroxyl groups is 1. The largest absolute Gasteiger partial charge is 0.457 e. The molecule has 0 fully saturated rings. The average molecular weight is 529 g/mol. The van der Waals surface area contributed by atoms with Gasteiger partial charge in [-0.05, 0) is 54.1 Å². The van der Waals surface area contributed by atoms with E-state index in [4.69, 9.17) is 14.9 Å². The van der Waals surface area contributed by atoms with Gasteiger partial charge in [-0.1, -0.05) is 32.9 Å². The number of aliphatic hydroxyl groups excluding tert-OH is 1. The fourth-order valence-electron chi connectivity index (χ4n) is 3.66. The minimum absolute atomic E-state index is 0.102. The highest BCUT2D eigenvalue weighted by molar-refractivity contribution is 5.99. The molecule has 0 spiro atoms. The predicted molar refractivity (Wildman–Crippen MR) is 149 cm³/mol. The number of carbonyl (C=O) groups is 2. The Bertz CT molecular complexity index is 1390. The van der Waals surface area contributed by atoms with E-state index in [2.05, 4.69) is 20.9 Å². The Morgan fingerprint density at radius 2 is 1.59 bits per heavy atom. The molecule has 2 aromatic carbocycles. The molecule has 202 valence electrons. The molecule has 0 saturated carbocycles. The second-order valence-electron chi connectivity index (χ2n) is 9.88. The van der Waals surface area contributed by atoms with Gasteiger partial charge in [0.1, 0.15) is 17.3 Å². The first kappa shape index (κ1) is 27.3. The van der Waals surface area contributed by atoms with Crippen molar-refractivity contribution < 1.29 is 19.4 Å². The van der Waals surface area contributed by atoms with Crippen LogP contribution in [0.15, 0.2) is 79.1 Å². The summed E-state index contributed by atoms with van der Waals surface area (Å²) in [5.74, 6) is 1.64. The summed E-state index contributed by atoms with van der Waals surface area (Å²) >= 11 is 0. The fourth-order valence-corrected chi connectivity index (χ4v) is 3.66.